The van der Waals surface area contributed by atoms with Crippen LogP contribution in [0.1, 0.15) is 52.8 Å². The lowest BCUT2D eigenvalue weighted by molar-refractivity contribution is -0.153. The van der Waals surface area contributed by atoms with Gasteiger partial charge in [0.15, 0.2) is 0 Å². The van der Waals surface area contributed by atoms with Crippen molar-refractivity contribution in [2.24, 2.45) is 7.05 Å². The molecule has 1 heterocycles. The molecule has 0 saturated heterocycles. The number of hydrogen-bond donors (Lipinski definition) is 1. The second-order valence-corrected chi connectivity index (χ2v) is 7.12. The highest BCUT2D eigenvalue weighted by atomic mass is 16.6. The molecule has 0 fully saturated rings. The first-order chi connectivity index (χ1) is 8.99. The van der Waals surface area contributed by atoms with Gasteiger partial charge in [-0.25, -0.2) is 0 Å². The van der Waals surface area contributed by atoms with Crippen LogP contribution in [0.2, 0.25) is 0 Å². The molecular weight excluding hydrogens is 254 g/mol. The Morgan fingerprint density at radius 3 is 2.40 bits per heavy atom. The molecule has 1 N–H and O–H groups in total. The summed E-state index contributed by atoms with van der Waals surface area (Å²) in [7, 11) is 1.91. The molecular formula is C15H27N3O2. The summed E-state index contributed by atoms with van der Waals surface area (Å²) in [4.78, 5) is 11.6. The van der Waals surface area contributed by atoms with E-state index in [0.717, 1.165) is 11.3 Å². The monoisotopic (exact) mass is 281 g/mol. The molecule has 114 valence electrons. The van der Waals surface area contributed by atoms with Crippen molar-refractivity contribution in [2.75, 3.05) is 6.54 Å². The van der Waals surface area contributed by atoms with Crippen molar-refractivity contribution < 1.29 is 9.53 Å². The van der Waals surface area contributed by atoms with Crippen molar-refractivity contribution in [1.29, 1.82) is 0 Å². The van der Waals surface area contributed by atoms with Crippen LogP contribution in [0.25, 0.3) is 0 Å². The van der Waals surface area contributed by atoms with Gasteiger partial charge in [-0.2, -0.15) is 5.10 Å². The number of ether oxygens (including phenoxy) is 1. The minimum Gasteiger partial charge on any atom is -0.459 e. The zero-order chi connectivity index (χ0) is 15.6. The van der Waals surface area contributed by atoms with E-state index >= 15 is 0 Å². The predicted octanol–water partition coefficient (Wildman–Crippen LogP) is 2.15. The van der Waals surface area contributed by atoms with Crippen molar-refractivity contribution in [1.82, 2.24) is 15.1 Å². The largest absolute Gasteiger partial charge is 0.459 e. The first-order valence-electron chi connectivity index (χ1n) is 6.94. The van der Waals surface area contributed by atoms with E-state index in [4.69, 9.17) is 4.74 Å². The van der Waals surface area contributed by atoms with Crippen LogP contribution in [0.5, 0.6) is 0 Å². The van der Waals surface area contributed by atoms with Crippen LogP contribution in [0.15, 0.2) is 6.20 Å². The van der Waals surface area contributed by atoms with Crippen LogP contribution in [0.3, 0.4) is 0 Å². The molecule has 0 aliphatic rings. The van der Waals surface area contributed by atoms with Crippen LogP contribution in [-0.2, 0) is 28.5 Å². The Bertz CT molecular complexity index is 464. The van der Waals surface area contributed by atoms with Gasteiger partial charge in [-0.3, -0.25) is 9.48 Å². The lowest BCUT2D eigenvalue weighted by Gasteiger charge is -2.20. The van der Waals surface area contributed by atoms with Gasteiger partial charge in [0.05, 0.1) is 12.2 Å². The Balaban J connectivity index is 2.57. The summed E-state index contributed by atoms with van der Waals surface area (Å²) >= 11 is 0. The van der Waals surface area contributed by atoms with E-state index in [0.29, 0.717) is 6.54 Å². The summed E-state index contributed by atoms with van der Waals surface area (Å²) in [5.41, 5.74) is 1.72. The number of carbonyl (C=O) groups is 1. The SMILES string of the molecule is Cn1cc(CNCC(=O)OC(C)(C)C)c(C(C)(C)C)n1. The first-order valence-corrected chi connectivity index (χ1v) is 6.94. The summed E-state index contributed by atoms with van der Waals surface area (Å²) in [6.45, 7) is 12.8. The fourth-order valence-corrected chi connectivity index (χ4v) is 1.98. The van der Waals surface area contributed by atoms with Gasteiger partial charge in [0.2, 0.25) is 0 Å². The number of carbonyl (C=O) groups excluding carboxylic acids is 1. The van der Waals surface area contributed by atoms with Gasteiger partial charge in [0, 0.05) is 30.8 Å². The molecule has 1 aromatic rings. The van der Waals surface area contributed by atoms with Crippen molar-refractivity contribution in [2.45, 2.75) is 59.1 Å². The van der Waals surface area contributed by atoms with E-state index < -0.39 is 5.60 Å². The van der Waals surface area contributed by atoms with Gasteiger partial charge in [0.1, 0.15) is 5.60 Å². The third-order valence-corrected chi connectivity index (χ3v) is 2.62. The Kier molecular flexibility index (Phi) is 4.97. The van der Waals surface area contributed by atoms with E-state index in [-0.39, 0.29) is 17.9 Å². The summed E-state index contributed by atoms with van der Waals surface area (Å²) in [6.07, 6.45) is 1.99. The van der Waals surface area contributed by atoms with E-state index in [1.165, 1.54) is 0 Å². The smallest absolute Gasteiger partial charge is 0.320 e. The first kappa shape index (κ1) is 16.7. The zero-order valence-corrected chi connectivity index (χ0v) is 13.7. The third kappa shape index (κ3) is 5.33. The number of nitrogens with one attached hydrogen (secondary N) is 1. The van der Waals surface area contributed by atoms with Crippen LogP contribution in [0.4, 0.5) is 0 Å². The highest BCUT2D eigenvalue weighted by molar-refractivity contribution is 5.72. The third-order valence-electron chi connectivity index (χ3n) is 2.62. The number of aryl methyl sites for hydroxylation is 1. The van der Waals surface area contributed by atoms with Crippen molar-refractivity contribution in [3.8, 4) is 0 Å². The number of hydrogen-bond acceptors (Lipinski definition) is 4. The number of rotatable bonds is 4. The molecule has 0 spiro atoms. The summed E-state index contributed by atoms with van der Waals surface area (Å²) < 4.78 is 7.07. The second-order valence-electron chi connectivity index (χ2n) is 7.12. The van der Waals surface area contributed by atoms with E-state index in [1.807, 2.05) is 38.7 Å². The fraction of sp³-hybridized carbons (Fsp3) is 0.733. The molecule has 1 aromatic heterocycles. The number of aromatic nitrogens is 2. The van der Waals surface area contributed by atoms with Gasteiger partial charge in [0.25, 0.3) is 0 Å². The Labute approximate surface area is 121 Å². The molecule has 0 bridgehead atoms. The maximum atomic E-state index is 11.6. The Hall–Kier alpha value is -1.36. The molecule has 5 heteroatoms. The van der Waals surface area contributed by atoms with Crippen molar-refractivity contribution in [3.05, 3.63) is 17.5 Å². The van der Waals surface area contributed by atoms with E-state index in [2.05, 4.69) is 31.2 Å². The van der Waals surface area contributed by atoms with E-state index in [1.54, 1.807) is 0 Å². The van der Waals surface area contributed by atoms with Gasteiger partial charge in [-0.1, -0.05) is 20.8 Å². The Morgan fingerprint density at radius 1 is 1.30 bits per heavy atom. The molecule has 0 aliphatic carbocycles. The normalized spacial score (nSPS) is 12.6. The van der Waals surface area contributed by atoms with Crippen molar-refractivity contribution >= 4 is 5.97 Å². The molecule has 5 nitrogen and oxygen atoms in total. The van der Waals surface area contributed by atoms with Crippen LogP contribution in [0, 0.1) is 0 Å². The van der Waals surface area contributed by atoms with Crippen LogP contribution >= 0.6 is 0 Å². The van der Waals surface area contributed by atoms with Crippen LogP contribution < -0.4 is 5.32 Å². The molecule has 20 heavy (non-hydrogen) atoms. The summed E-state index contributed by atoms with van der Waals surface area (Å²) in [6, 6.07) is 0. The van der Waals surface area contributed by atoms with Crippen LogP contribution in [-0.4, -0.2) is 27.9 Å². The molecule has 0 unspecified atom stereocenters. The molecule has 0 amide bonds. The number of nitrogens with zero attached hydrogens (tertiary/aromatic N) is 2. The van der Waals surface area contributed by atoms with Gasteiger partial charge >= 0.3 is 5.97 Å². The predicted molar refractivity (Wildman–Crippen MR) is 79.5 cm³/mol. The second kappa shape index (κ2) is 5.95. The highest BCUT2D eigenvalue weighted by Crippen LogP contribution is 2.23. The maximum absolute atomic E-state index is 11.6. The Morgan fingerprint density at radius 2 is 1.90 bits per heavy atom. The average molecular weight is 281 g/mol. The minimum absolute atomic E-state index is 0.00973. The molecule has 0 aliphatic heterocycles. The molecule has 0 aromatic carbocycles. The molecule has 0 atom stereocenters. The molecule has 1 rings (SSSR count). The average Bonchev–Trinajstić information content (AvgIpc) is 2.56. The summed E-state index contributed by atoms with van der Waals surface area (Å²) in [5, 5.41) is 7.62. The lowest BCUT2D eigenvalue weighted by atomic mass is 9.89. The lowest BCUT2D eigenvalue weighted by Crippen LogP contribution is -2.31. The minimum atomic E-state index is -0.441. The quantitative estimate of drug-likeness (QED) is 0.859. The molecule has 0 saturated carbocycles. The van der Waals surface area contributed by atoms with E-state index in [9.17, 15) is 4.79 Å². The molecule has 0 radical (unpaired) electrons. The maximum Gasteiger partial charge on any atom is 0.320 e. The van der Waals surface area contributed by atoms with Gasteiger partial charge < -0.3 is 10.1 Å². The zero-order valence-electron chi connectivity index (χ0n) is 13.7. The van der Waals surface area contributed by atoms with Gasteiger partial charge in [-0.05, 0) is 20.8 Å². The standard InChI is InChI=1S/C15H27N3O2/c1-14(2,3)13-11(10-18(7)17-13)8-16-9-12(19)20-15(4,5)6/h10,16H,8-9H2,1-7H3. The number of esters is 1. The topological polar surface area (TPSA) is 56.2 Å². The van der Waals surface area contributed by atoms with Gasteiger partial charge in [-0.15, -0.1) is 0 Å². The summed E-state index contributed by atoms with van der Waals surface area (Å²) in [5.74, 6) is -0.237. The van der Waals surface area contributed by atoms with Crippen molar-refractivity contribution in [3.63, 3.8) is 0 Å². The highest BCUT2D eigenvalue weighted by Gasteiger charge is 2.22. The fourth-order valence-electron chi connectivity index (χ4n) is 1.98.